The van der Waals surface area contributed by atoms with Crippen LogP contribution in [0.15, 0.2) is 18.2 Å². The maximum absolute atomic E-state index is 11.9. The predicted octanol–water partition coefficient (Wildman–Crippen LogP) is 5.15. The molecule has 1 fully saturated rings. The number of H-pyrrole nitrogens is 1. The van der Waals surface area contributed by atoms with Crippen molar-refractivity contribution in [3.63, 3.8) is 0 Å². The molecular weight excluding hydrogens is 380 g/mol. The van der Waals surface area contributed by atoms with Gasteiger partial charge in [0.15, 0.2) is 0 Å². The first-order valence-corrected chi connectivity index (χ1v) is 11.3. The number of amides is 1. The standard InChI is InChI=1S/C18H21N3OS.C5H11N/c1-9(2)15-16(12-6-10(3)20-11(4)7-12)21-13-8-14(18(22)19-5)23-17(13)15;1-2-4-6-5-3-1/h6-9,21H,1-5H3,(H,19,22);6H,1-5H2. The third-order valence-electron chi connectivity index (χ3n) is 5.11. The van der Waals surface area contributed by atoms with Crippen molar-refractivity contribution in [2.45, 2.75) is 52.9 Å². The molecule has 1 amide bonds. The van der Waals surface area contributed by atoms with Gasteiger partial charge in [-0.3, -0.25) is 9.78 Å². The van der Waals surface area contributed by atoms with Gasteiger partial charge in [-0.15, -0.1) is 11.3 Å². The Morgan fingerprint density at radius 2 is 1.76 bits per heavy atom. The predicted molar refractivity (Wildman–Crippen MR) is 123 cm³/mol. The number of pyridine rings is 1. The molecule has 3 N–H and O–H groups in total. The molecule has 4 heterocycles. The Morgan fingerprint density at radius 1 is 1.10 bits per heavy atom. The Kier molecular flexibility index (Phi) is 7.09. The van der Waals surface area contributed by atoms with Crippen molar-refractivity contribution < 1.29 is 4.79 Å². The number of aromatic nitrogens is 2. The van der Waals surface area contributed by atoms with Crippen LogP contribution in [0.2, 0.25) is 0 Å². The Morgan fingerprint density at radius 3 is 2.24 bits per heavy atom. The summed E-state index contributed by atoms with van der Waals surface area (Å²) in [5, 5.41) is 5.98. The van der Waals surface area contributed by atoms with E-state index in [0.717, 1.165) is 33.0 Å². The van der Waals surface area contributed by atoms with Crippen LogP contribution in [-0.2, 0) is 0 Å². The Hall–Kier alpha value is -2.18. The summed E-state index contributed by atoms with van der Waals surface area (Å²) >= 11 is 1.55. The van der Waals surface area contributed by atoms with E-state index in [4.69, 9.17) is 0 Å². The second-order valence-corrected chi connectivity index (χ2v) is 9.00. The van der Waals surface area contributed by atoms with E-state index in [1.165, 1.54) is 42.6 Å². The fourth-order valence-electron chi connectivity index (χ4n) is 3.79. The summed E-state index contributed by atoms with van der Waals surface area (Å²) in [6, 6.07) is 6.15. The zero-order chi connectivity index (χ0) is 21.0. The Bertz CT molecular complexity index is 951. The Balaban J connectivity index is 0.000000343. The number of carbonyl (C=O) groups excluding carboxylic acids is 1. The highest BCUT2D eigenvalue weighted by Crippen LogP contribution is 2.40. The lowest BCUT2D eigenvalue weighted by molar-refractivity contribution is 0.0967. The average Bonchev–Trinajstić information content (AvgIpc) is 3.26. The van der Waals surface area contributed by atoms with Crippen molar-refractivity contribution in [2.24, 2.45) is 0 Å². The summed E-state index contributed by atoms with van der Waals surface area (Å²) in [7, 11) is 1.66. The molecule has 5 nitrogen and oxygen atoms in total. The summed E-state index contributed by atoms with van der Waals surface area (Å²) in [4.78, 5) is 20.6. The molecule has 1 aliphatic rings. The van der Waals surface area contributed by atoms with Gasteiger partial charge in [-0.1, -0.05) is 20.3 Å². The van der Waals surface area contributed by atoms with Gasteiger partial charge in [-0.05, 0) is 69.5 Å². The lowest BCUT2D eigenvalue weighted by Crippen LogP contribution is -2.21. The maximum Gasteiger partial charge on any atom is 0.261 e. The van der Waals surface area contributed by atoms with Gasteiger partial charge in [0, 0.05) is 24.0 Å². The van der Waals surface area contributed by atoms with Crippen LogP contribution in [0.1, 0.15) is 65.7 Å². The van der Waals surface area contributed by atoms with Crippen LogP contribution in [0.5, 0.6) is 0 Å². The molecule has 0 unspecified atom stereocenters. The molecular formula is C23H32N4OS. The van der Waals surface area contributed by atoms with E-state index >= 15 is 0 Å². The highest BCUT2D eigenvalue weighted by Gasteiger charge is 2.20. The van der Waals surface area contributed by atoms with Crippen molar-refractivity contribution >= 4 is 27.5 Å². The zero-order valence-electron chi connectivity index (χ0n) is 18.1. The van der Waals surface area contributed by atoms with Crippen LogP contribution in [0.4, 0.5) is 0 Å². The molecule has 0 aliphatic carbocycles. The van der Waals surface area contributed by atoms with E-state index in [9.17, 15) is 4.79 Å². The van der Waals surface area contributed by atoms with Crippen molar-refractivity contribution in [3.8, 4) is 11.3 Å². The first-order valence-electron chi connectivity index (χ1n) is 10.4. The monoisotopic (exact) mass is 412 g/mol. The minimum Gasteiger partial charge on any atom is -0.354 e. The highest BCUT2D eigenvalue weighted by atomic mass is 32.1. The number of hydrogen-bond donors (Lipinski definition) is 3. The molecule has 3 aromatic heterocycles. The highest BCUT2D eigenvalue weighted by molar-refractivity contribution is 7.21. The second kappa shape index (κ2) is 9.55. The molecule has 0 radical (unpaired) electrons. The van der Waals surface area contributed by atoms with Crippen molar-refractivity contribution in [1.29, 1.82) is 0 Å². The molecule has 0 atom stereocenters. The van der Waals surface area contributed by atoms with Gasteiger partial charge in [-0.25, -0.2) is 0 Å². The van der Waals surface area contributed by atoms with E-state index in [1.54, 1.807) is 18.4 Å². The quantitative estimate of drug-likeness (QED) is 0.557. The van der Waals surface area contributed by atoms with E-state index in [1.807, 2.05) is 19.9 Å². The molecule has 29 heavy (non-hydrogen) atoms. The fraction of sp³-hybridized carbons (Fsp3) is 0.478. The number of aryl methyl sites for hydroxylation is 2. The number of carbonyl (C=O) groups is 1. The van der Waals surface area contributed by atoms with Gasteiger partial charge < -0.3 is 15.6 Å². The number of rotatable bonds is 3. The van der Waals surface area contributed by atoms with Crippen LogP contribution in [0, 0.1) is 13.8 Å². The van der Waals surface area contributed by atoms with Crippen LogP contribution in [0.25, 0.3) is 21.5 Å². The molecule has 0 spiro atoms. The van der Waals surface area contributed by atoms with Gasteiger partial charge in [0.25, 0.3) is 5.91 Å². The van der Waals surface area contributed by atoms with Crippen molar-refractivity contribution in [1.82, 2.24) is 20.6 Å². The van der Waals surface area contributed by atoms with Crippen LogP contribution < -0.4 is 10.6 Å². The molecule has 4 rings (SSSR count). The number of thiophene rings is 1. The molecule has 156 valence electrons. The summed E-state index contributed by atoms with van der Waals surface area (Å²) in [5.74, 6) is 0.329. The van der Waals surface area contributed by atoms with Crippen molar-refractivity contribution in [3.05, 3.63) is 40.0 Å². The van der Waals surface area contributed by atoms with Crippen LogP contribution in [0.3, 0.4) is 0 Å². The number of nitrogens with zero attached hydrogens (tertiary/aromatic N) is 1. The third kappa shape index (κ3) is 5.06. The molecule has 0 saturated carbocycles. The minimum absolute atomic E-state index is 0.0357. The Labute approximate surface area is 177 Å². The van der Waals surface area contributed by atoms with E-state index < -0.39 is 0 Å². The third-order valence-corrected chi connectivity index (χ3v) is 6.28. The van der Waals surface area contributed by atoms with Gasteiger partial charge in [0.2, 0.25) is 0 Å². The number of aromatic amines is 1. The fourth-order valence-corrected chi connectivity index (χ4v) is 5.05. The molecule has 1 aliphatic heterocycles. The smallest absolute Gasteiger partial charge is 0.261 e. The largest absolute Gasteiger partial charge is 0.354 e. The van der Waals surface area contributed by atoms with Gasteiger partial charge in [-0.2, -0.15) is 0 Å². The maximum atomic E-state index is 11.9. The molecule has 0 aromatic carbocycles. The minimum atomic E-state index is -0.0357. The van der Waals surface area contributed by atoms with Crippen molar-refractivity contribution in [2.75, 3.05) is 20.1 Å². The molecule has 0 bridgehead atoms. The molecule has 3 aromatic rings. The van der Waals surface area contributed by atoms with Crippen LogP contribution >= 0.6 is 11.3 Å². The summed E-state index contributed by atoms with van der Waals surface area (Å²) in [5.41, 5.74) is 6.61. The van der Waals surface area contributed by atoms with Gasteiger partial charge >= 0.3 is 0 Å². The number of hydrogen-bond acceptors (Lipinski definition) is 4. The SMILES string of the molecule is C1CCNCC1.CNC(=O)c1cc2[nH]c(-c3cc(C)nc(C)c3)c(C(C)C)c2s1. The summed E-state index contributed by atoms with van der Waals surface area (Å²) in [6.07, 6.45) is 4.22. The molecule has 1 saturated heterocycles. The van der Waals surface area contributed by atoms with E-state index in [-0.39, 0.29) is 5.91 Å². The summed E-state index contributed by atoms with van der Waals surface area (Å²) < 4.78 is 1.17. The van der Waals surface area contributed by atoms with Crippen LogP contribution in [-0.4, -0.2) is 36.0 Å². The first-order chi connectivity index (χ1) is 13.9. The normalized spacial score (nSPS) is 14.0. The lowest BCUT2D eigenvalue weighted by atomic mass is 9.99. The van der Waals surface area contributed by atoms with Gasteiger partial charge in [0.05, 0.1) is 20.8 Å². The van der Waals surface area contributed by atoms with Gasteiger partial charge in [0.1, 0.15) is 0 Å². The lowest BCUT2D eigenvalue weighted by Gasteiger charge is -2.09. The first kappa shape index (κ1) is 21.5. The summed E-state index contributed by atoms with van der Waals surface area (Å²) in [6.45, 7) is 10.9. The zero-order valence-corrected chi connectivity index (χ0v) is 18.9. The number of nitrogens with one attached hydrogen (secondary N) is 3. The van der Waals surface area contributed by atoms with E-state index in [0.29, 0.717) is 5.92 Å². The topological polar surface area (TPSA) is 69.8 Å². The molecule has 6 heteroatoms. The number of piperidine rings is 1. The second-order valence-electron chi connectivity index (χ2n) is 7.95. The average molecular weight is 413 g/mol. The van der Waals surface area contributed by atoms with E-state index in [2.05, 4.69) is 46.6 Å². The number of fused-ring (bicyclic) bond motifs is 1.